The predicted molar refractivity (Wildman–Crippen MR) is 101 cm³/mol. The summed E-state index contributed by atoms with van der Waals surface area (Å²) < 4.78 is 7.31. The van der Waals surface area contributed by atoms with Crippen LogP contribution in [0.2, 0.25) is 0 Å². The minimum Gasteiger partial charge on any atom is -0.489 e. The van der Waals surface area contributed by atoms with E-state index in [1.165, 1.54) is 11.3 Å². The Morgan fingerprint density at radius 2 is 1.84 bits per heavy atom. The van der Waals surface area contributed by atoms with Crippen molar-refractivity contribution in [3.05, 3.63) is 76.5 Å². The van der Waals surface area contributed by atoms with Crippen LogP contribution in [0.1, 0.15) is 5.56 Å². The smallest absolute Gasteiger partial charge is 0.244 e. The molecule has 0 saturated heterocycles. The highest BCUT2D eigenvalue weighted by molar-refractivity contribution is 7.06. The first-order valence-electron chi connectivity index (χ1n) is 7.46. The summed E-state index contributed by atoms with van der Waals surface area (Å²) in [4.78, 5) is 12.3. The fraction of sp³-hybridized carbons (Fsp3) is 0.111. The minimum absolute atomic E-state index is 0. The van der Waals surface area contributed by atoms with Gasteiger partial charge in [0, 0.05) is 17.3 Å². The van der Waals surface area contributed by atoms with Crippen molar-refractivity contribution in [2.45, 2.75) is 13.2 Å². The molecule has 0 aliphatic rings. The van der Waals surface area contributed by atoms with E-state index in [2.05, 4.69) is 5.32 Å². The zero-order valence-corrected chi connectivity index (χ0v) is 15.0. The van der Waals surface area contributed by atoms with Gasteiger partial charge in [0.2, 0.25) is 5.91 Å². The standard InChI is InChI=1S/C18H17N3O2S.ClH/c19-18-21(10-11-24-18)12-17(22)20-15-6-8-16(9-7-15)23-13-14-4-2-1-3-5-14;/h1-11,19H,12-13H2,(H,20,22);1H. The second kappa shape index (κ2) is 9.05. The van der Waals surface area contributed by atoms with Crippen molar-refractivity contribution >= 4 is 35.3 Å². The zero-order valence-electron chi connectivity index (χ0n) is 13.3. The molecule has 130 valence electrons. The van der Waals surface area contributed by atoms with E-state index in [-0.39, 0.29) is 24.9 Å². The number of halogens is 1. The van der Waals surface area contributed by atoms with Crippen LogP contribution in [0.3, 0.4) is 0 Å². The molecule has 25 heavy (non-hydrogen) atoms. The first-order valence-corrected chi connectivity index (χ1v) is 8.34. The van der Waals surface area contributed by atoms with Crippen molar-refractivity contribution in [3.8, 4) is 5.75 Å². The molecule has 2 aromatic carbocycles. The van der Waals surface area contributed by atoms with Gasteiger partial charge in [0.15, 0.2) is 4.80 Å². The number of carbonyl (C=O) groups is 1. The van der Waals surface area contributed by atoms with E-state index in [4.69, 9.17) is 10.1 Å². The fourth-order valence-corrected chi connectivity index (χ4v) is 2.76. The van der Waals surface area contributed by atoms with Gasteiger partial charge in [0.1, 0.15) is 18.9 Å². The van der Waals surface area contributed by atoms with Crippen molar-refractivity contribution < 1.29 is 9.53 Å². The summed E-state index contributed by atoms with van der Waals surface area (Å²) in [5.41, 5.74) is 1.81. The van der Waals surface area contributed by atoms with Gasteiger partial charge in [-0.05, 0) is 29.8 Å². The zero-order chi connectivity index (χ0) is 16.8. The van der Waals surface area contributed by atoms with E-state index >= 15 is 0 Å². The number of hydrogen-bond acceptors (Lipinski definition) is 4. The van der Waals surface area contributed by atoms with Crippen LogP contribution >= 0.6 is 23.7 Å². The number of nitrogens with zero attached hydrogens (tertiary/aromatic N) is 1. The molecular formula is C18H18ClN3O2S. The second-order valence-corrected chi connectivity index (χ2v) is 6.08. The number of thiazole rings is 1. The molecule has 1 amide bonds. The first kappa shape index (κ1) is 18.8. The summed E-state index contributed by atoms with van der Waals surface area (Å²) in [5.74, 6) is 0.586. The van der Waals surface area contributed by atoms with Crippen LogP contribution in [0, 0.1) is 5.41 Å². The second-order valence-electron chi connectivity index (χ2n) is 5.18. The molecule has 7 heteroatoms. The lowest BCUT2D eigenvalue weighted by atomic mass is 10.2. The molecule has 0 bridgehead atoms. The summed E-state index contributed by atoms with van der Waals surface area (Å²) in [7, 11) is 0. The number of carbonyl (C=O) groups excluding carboxylic acids is 1. The highest BCUT2D eigenvalue weighted by atomic mass is 35.5. The largest absolute Gasteiger partial charge is 0.489 e. The van der Waals surface area contributed by atoms with E-state index in [0.29, 0.717) is 17.1 Å². The maximum Gasteiger partial charge on any atom is 0.244 e. The number of benzene rings is 2. The summed E-state index contributed by atoms with van der Waals surface area (Å²) in [6.45, 7) is 0.641. The van der Waals surface area contributed by atoms with E-state index in [1.807, 2.05) is 42.5 Å². The SMILES string of the molecule is Cl.N=c1sccn1CC(=O)Nc1ccc(OCc2ccccc2)cc1. The van der Waals surface area contributed by atoms with Crippen molar-refractivity contribution in [2.75, 3.05) is 5.32 Å². The summed E-state index contributed by atoms with van der Waals surface area (Å²) >= 11 is 1.29. The van der Waals surface area contributed by atoms with Gasteiger partial charge in [-0.15, -0.1) is 23.7 Å². The highest BCUT2D eigenvalue weighted by Crippen LogP contribution is 2.17. The summed E-state index contributed by atoms with van der Waals surface area (Å²) in [5, 5.41) is 12.3. The molecule has 0 atom stereocenters. The van der Waals surface area contributed by atoms with Crippen LogP contribution in [0.15, 0.2) is 66.2 Å². The molecule has 0 unspecified atom stereocenters. The summed E-state index contributed by atoms with van der Waals surface area (Å²) in [6, 6.07) is 17.2. The van der Waals surface area contributed by atoms with Gasteiger partial charge in [-0.25, -0.2) is 0 Å². The van der Waals surface area contributed by atoms with Crippen LogP contribution < -0.4 is 14.9 Å². The van der Waals surface area contributed by atoms with Crippen molar-refractivity contribution in [1.29, 1.82) is 5.41 Å². The van der Waals surface area contributed by atoms with Crippen LogP contribution in [0.5, 0.6) is 5.75 Å². The van der Waals surface area contributed by atoms with E-state index in [1.54, 1.807) is 28.3 Å². The maximum atomic E-state index is 12.0. The first-order chi connectivity index (χ1) is 11.7. The van der Waals surface area contributed by atoms with Crippen LogP contribution in [-0.4, -0.2) is 10.5 Å². The van der Waals surface area contributed by atoms with Crippen molar-refractivity contribution in [1.82, 2.24) is 4.57 Å². The lowest BCUT2D eigenvalue weighted by Gasteiger charge is -2.09. The Hall–Kier alpha value is -2.57. The van der Waals surface area contributed by atoms with Gasteiger partial charge in [-0.2, -0.15) is 0 Å². The monoisotopic (exact) mass is 375 g/mol. The summed E-state index contributed by atoms with van der Waals surface area (Å²) in [6.07, 6.45) is 1.73. The molecule has 0 aliphatic heterocycles. The van der Waals surface area contributed by atoms with Crippen molar-refractivity contribution in [2.24, 2.45) is 0 Å². The number of anilines is 1. The molecule has 0 radical (unpaired) electrons. The van der Waals surface area contributed by atoms with Crippen molar-refractivity contribution in [3.63, 3.8) is 0 Å². The Kier molecular flexibility index (Phi) is 6.80. The molecule has 2 N–H and O–H groups in total. The van der Waals surface area contributed by atoms with Gasteiger partial charge in [0.25, 0.3) is 0 Å². The lowest BCUT2D eigenvalue weighted by molar-refractivity contribution is -0.116. The molecule has 5 nitrogen and oxygen atoms in total. The number of hydrogen-bond donors (Lipinski definition) is 2. The average Bonchev–Trinajstić information content (AvgIpc) is 3.00. The molecular weight excluding hydrogens is 358 g/mol. The van der Waals surface area contributed by atoms with Crippen LogP contribution in [-0.2, 0) is 17.9 Å². The Balaban J connectivity index is 0.00000225. The van der Waals surface area contributed by atoms with Gasteiger partial charge in [-0.3, -0.25) is 10.2 Å². The fourth-order valence-electron chi connectivity index (χ4n) is 2.16. The minimum atomic E-state index is -0.162. The quantitative estimate of drug-likeness (QED) is 0.690. The third-order valence-electron chi connectivity index (χ3n) is 3.38. The van der Waals surface area contributed by atoms with Gasteiger partial charge < -0.3 is 14.6 Å². The van der Waals surface area contributed by atoms with Crippen LogP contribution in [0.4, 0.5) is 5.69 Å². The maximum absolute atomic E-state index is 12.0. The lowest BCUT2D eigenvalue weighted by Crippen LogP contribution is -2.23. The number of nitrogens with one attached hydrogen (secondary N) is 2. The predicted octanol–water partition coefficient (Wildman–Crippen LogP) is 3.67. The molecule has 0 fully saturated rings. The number of rotatable bonds is 6. The third-order valence-corrected chi connectivity index (χ3v) is 4.10. The van der Waals surface area contributed by atoms with E-state index in [9.17, 15) is 4.79 Å². The van der Waals surface area contributed by atoms with E-state index in [0.717, 1.165) is 11.3 Å². The molecule has 0 saturated carbocycles. The third kappa shape index (κ3) is 5.48. The Bertz CT molecular complexity index is 860. The number of aromatic nitrogens is 1. The molecule has 3 rings (SSSR count). The number of ether oxygens (including phenoxy) is 1. The van der Waals surface area contributed by atoms with Gasteiger partial charge in [-0.1, -0.05) is 30.3 Å². The Labute approximate surface area is 155 Å². The molecule has 1 aromatic heterocycles. The molecule has 0 aliphatic carbocycles. The van der Waals surface area contributed by atoms with Gasteiger partial charge in [0.05, 0.1) is 0 Å². The molecule has 0 spiro atoms. The van der Waals surface area contributed by atoms with Gasteiger partial charge >= 0.3 is 0 Å². The number of amides is 1. The average molecular weight is 376 g/mol. The normalized spacial score (nSPS) is 9.92. The highest BCUT2D eigenvalue weighted by Gasteiger charge is 2.05. The molecule has 1 heterocycles. The Morgan fingerprint density at radius 3 is 2.48 bits per heavy atom. The Morgan fingerprint density at radius 1 is 1.12 bits per heavy atom. The van der Waals surface area contributed by atoms with Crippen LogP contribution in [0.25, 0.3) is 0 Å². The van der Waals surface area contributed by atoms with E-state index < -0.39 is 0 Å². The topological polar surface area (TPSA) is 67.1 Å². The molecule has 3 aromatic rings.